The van der Waals surface area contributed by atoms with Crippen molar-refractivity contribution >= 4 is 0 Å². The predicted molar refractivity (Wildman–Crippen MR) is 81.1 cm³/mol. The maximum atomic E-state index is 9.29. The van der Waals surface area contributed by atoms with E-state index < -0.39 is 0 Å². The van der Waals surface area contributed by atoms with Crippen LogP contribution in [-0.2, 0) is 11.2 Å². The second-order valence-corrected chi connectivity index (χ2v) is 5.60. The topological polar surface area (TPSA) is 44.7 Å². The number of likely N-dealkylation sites (N-methyl/N-ethyl adjacent to an activating group) is 1. The lowest BCUT2D eigenvalue weighted by Gasteiger charge is -2.37. The van der Waals surface area contributed by atoms with Crippen LogP contribution in [0.15, 0.2) is 24.3 Å². The highest BCUT2D eigenvalue weighted by Gasteiger charge is 2.23. The van der Waals surface area contributed by atoms with E-state index in [4.69, 9.17) is 4.74 Å². The number of nitrogens with one attached hydrogen (secondary N) is 1. The number of rotatable bonds is 6. The molecule has 0 amide bonds. The van der Waals surface area contributed by atoms with E-state index in [9.17, 15) is 5.11 Å². The Kier molecular flexibility index (Phi) is 5.83. The molecule has 0 aliphatic carbocycles. The lowest BCUT2D eigenvalue weighted by Crippen LogP contribution is -2.49. The van der Waals surface area contributed by atoms with E-state index >= 15 is 0 Å². The van der Waals surface area contributed by atoms with Crippen molar-refractivity contribution in [2.75, 3.05) is 33.3 Å². The summed E-state index contributed by atoms with van der Waals surface area (Å²) in [5.41, 5.74) is 1.29. The molecular weight excluding hydrogens is 252 g/mol. The summed E-state index contributed by atoms with van der Waals surface area (Å²) in [6.07, 6.45) is 2.50. The van der Waals surface area contributed by atoms with Gasteiger partial charge in [-0.1, -0.05) is 12.1 Å². The molecule has 1 saturated heterocycles. The Hall–Kier alpha value is -1.10. The van der Waals surface area contributed by atoms with Gasteiger partial charge in [-0.2, -0.15) is 0 Å². The fourth-order valence-electron chi connectivity index (χ4n) is 2.71. The Morgan fingerprint density at radius 3 is 2.85 bits per heavy atom. The summed E-state index contributed by atoms with van der Waals surface area (Å²) < 4.78 is 5.74. The van der Waals surface area contributed by atoms with Crippen LogP contribution < -0.4 is 5.32 Å². The Labute approximate surface area is 121 Å². The van der Waals surface area contributed by atoms with Crippen molar-refractivity contribution in [2.45, 2.75) is 31.9 Å². The zero-order valence-electron chi connectivity index (χ0n) is 12.5. The van der Waals surface area contributed by atoms with Gasteiger partial charge in [0.25, 0.3) is 0 Å². The highest BCUT2D eigenvalue weighted by Crippen LogP contribution is 2.15. The van der Waals surface area contributed by atoms with Crippen LogP contribution in [0.4, 0.5) is 0 Å². The van der Waals surface area contributed by atoms with Crippen molar-refractivity contribution in [1.82, 2.24) is 10.2 Å². The molecule has 0 aromatic heterocycles. The first-order valence-corrected chi connectivity index (χ1v) is 7.47. The van der Waals surface area contributed by atoms with Gasteiger partial charge in [-0.05, 0) is 44.5 Å². The minimum absolute atomic E-state index is 0.310. The lowest BCUT2D eigenvalue weighted by atomic mass is 10.0. The summed E-state index contributed by atoms with van der Waals surface area (Å²) in [5.74, 6) is 0.338. The van der Waals surface area contributed by atoms with E-state index in [2.05, 4.69) is 17.1 Å². The average molecular weight is 278 g/mol. The van der Waals surface area contributed by atoms with Gasteiger partial charge < -0.3 is 15.2 Å². The van der Waals surface area contributed by atoms with E-state index in [-0.39, 0.29) is 0 Å². The second kappa shape index (κ2) is 7.62. The van der Waals surface area contributed by atoms with Crippen molar-refractivity contribution in [2.24, 2.45) is 0 Å². The van der Waals surface area contributed by atoms with Crippen LogP contribution in [0.5, 0.6) is 5.75 Å². The van der Waals surface area contributed by atoms with Gasteiger partial charge in [0, 0.05) is 25.7 Å². The van der Waals surface area contributed by atoms with Gasteiger partial charge >= 0.3 is 0 Å². The molecule has 1 aromatic rings. The number of hydrogen-bond donors (Lipinski definition) is 2. The van der Waals surface area contributed by atoms with Crippen LogP contribution >= 0.6 is 0 Å². The molecule has 2 atom stereocenters. The van der Waals surface area contributed by atoms with E-state index in [1.54, 1.807) is 12.1 Å². The van der Waals surface area contributed by atoms with Crippen molar-refractivity contribution in [3.63, 3.8) is 0 Å². The third-order valence-electron chi connectivity index (χ3n) is 4.01. The average Bonchev–Trinajstić information content (AvgIpc) is 2.47. The van der Waals surface area contributed by atoms with Crippen LogP contribution in [0.2, 0.25) is 0 Å². The van der Waals surface area contributed by atoms with Crippen molar-refractivity contribution in [1.29, 1.82) is 0 Å². The minimum Gasteiger partial charge on any atom is -0.508 e. The second-order valence-electron chi connectivity index (χ2n) is 5.60. The molecule has 0 spiro atoms. The van der Waals surface area contributed by atoms with Crippen LogP contribution in [0.3, 0.4) is 0 Å². The van der Waals surface area contributed by atoms with Crippen molar-refractivity contribution in [3.8, 4) is 5.75 Å². The number of phenols is 1. The Balaban J connectivity index is 1.79. The maximum Gasteiger partial charge on any atom is 0.115 e. The quantitative estimate of drug-likeness (QED) is 0.830. The molecule has 0 radical (unpaired) electrons. The SMILES string of the molecule is CNCC1CN(C(C)CCc2ccc(O)cc2)CCO1. The highest BCUT2D eigenvalue weighted by molar-refractivity contribution is 5.25. The lowest BCUT2D eigenvalue weighted by molar-refractivity contribution is -0.0397. The first kappa shape index (κ1) is 15.3. The summed E-state index contributed by atoms with van der Waals surface area (Å²) in [6.45, 7) is 6.08. The number of ether oxygens (including phenoxy) is 1. The van der Waals surface area contributed by atoms with Gasteiger partial charge in [0.05, 0.1) is 12.7 Å². The zero-order valence-corrected chi connectivity index (χ0v) is 12.5. The smallest absolute Gasteiger partial charge is 0.115 e. The van der Waals surface area contributed by atoms with Crippen molar-refractivity contribution < 1.29 is 9.84 Å². The van der Waals surface area contributed by atoms with Gasteiger partial charge in [0.2, 0.25) is 0 Å². The molecule has 112 valence electrons. The number of aryl methyl sites for hydroxylation is 1. The molecule has 0 bridgehead atoms. The standard InChI is InChI=1S/C16H26N2O2/c1-13(3-4-14-5-7-15(19)8-6-14)18-9-10-20-16(12-18)11-17-2/h5-8,13,16-17,19H,3-4,9-12H2,1-2H3. The first-order valence-electron chi connectivity index (χ1n) is 7.47. The predicted octanol–water partition coefficient (Wildman–Crippen LogP) is 1.63. The summed E-state index contributed by atoms with van der Waals surface area (Å²) in [4.78, 5) is 2.52. The van der Waals surface area contributed by atoms with Crippen LogP contribution in [-0.4, -0.2) is 55.4 Å². The van der Waals surface area contributed by atoms with Gasteiger partial charge in [0.15, 0.2) is 0 Å². The maximum absolute atomic E-state index is 9.29. The first-order chi connectivity index (χ1) is 9.69. The third-order valence-corrected chi connectivity index (χ3v) is 4.01. The number of phenolic OH excluding ortho intramolecular Hbond substituents is 1. The third kappa shape index (κ3) is 4.47. The monoisotopic (exact) mass is 278 g/mol. The van der Waals surface area contributed by atoms with E-state index in [1.165, 1.54) is 5.56 Å². The number of morpholine rings is 1. The fourth-order valence-corrected chi connectivity index (χ4v) is 2.71. The number of hydrogen-bond acceptors (Lipinski definition) is 4. The molecule has 1 aliphatic heterocycles. The molecule has 1 fully saturated rings. The molecule has 1 aliphatic rings. The molecule has 1 aromatic carbocycles. The summed E-state index contributed by atoms with van der Waals surface area (Å²) in [6, 6.07) is 8.10. The molecular formula is C16H26N2O2. The molecule has 4 heteroatoms. The van der Waals surface area contributed by atoms with E-state index in [0.717, 1.165) is 39.1 Å². The van der Waals surface area contributed by atoms with Crippen LogP contribution in [0.1, 0.15) is 18.9 Å². The number of aromatic hydroxyl groups is 1. The molecule has 2 rings (SSSR count). The largest absolute Gasteiger partial charge is 0.508 e. The molecule has 2 unspecified atom stereocenters. The molecule has 2 N–H and O–H groups in total. The summed E-state index contributed by atoms with van der Waals surface area (Å²) >= 11 is 0. The minimum atomic E-state index is 0.310. The number of benzene rings is 1. The Morgan fingerprint density at radius 2 is 2.15 bits per heavy atom. The Morgan fingerprint density at radius 1 is 1.40 bits per heavy atom. The molecule has 20 heavy (non-hydrogen) atoms. The van der Waals surface area contributed by atoms with Gasteiger partial charge in [-0.3, -0.25) is 4.90 Å². The van der Waals surface area contributed by atoms with Crippen LogP contribution in [0, 0.1) is 0 Å². The van der Waals surface area contributed by atoms with Crippen molar-refractivity contribution in [3.05, 3.63) is 29.8 Å². The molecule has 4 nitrogen and oxygen atoms in total. The zero-order chi connectivity index (χ0) is 14.4. The Bertz CT molecular complexity index is 392. The van der Waals surface area contributed by atoms with Gasteiger partial charge in [-0.25, -0.2) is 0 Å². The number of nitrogens with zero attached hydrogens (tertiary/aromatic N) is 1. The van der Waals surface area contributed by atoms with Gasteiger partial charge in [-0.15, -0.1) is 0 Å². The normalized spacial score (nSPS) is 21.8. The molecule has 0 saturated carbocycles. The van der Waals surface area contributed by atoms with Gasteiger partial charge in [0.1, 0.15) is 5.75 Å². The highest BCUT2D eigenvalue weighted by atomic mass is 16.5. The van der Waals surface area contributed by atoms with Crippen LogP contribution in [0.25, 0.3) is 0 Å². The fraction of sp³-hybridized carbons (Fsp3) is 0.625. The van der Waals surface area contributed by atoms with E-state index in [1.807, 2.05) is 19.2 Å². The molecule has 1 heterocycles. The summed E-state index contributed by atoms with van der Waals surface area (Å²) in [7, 11) is 1.97. The summed E-state index contributed by atoms with van der Waals surface area (Å²) in [5, 5.41) is 12.5. The van der Waals surface area contributed by atoms with E-state index in [0.29, 0.717) is 17.9 Å².